The molecule has 0 saturated carbocycles. The fourth-order valence-electron chi connectivity index (χ4n) is 1.55. The van der Waals surface area contributed by atoms with Crippen LogP contribution in [0.1, 0.15) is 16.2 Å². The van der Waals surface area contributed by atoms with Gasteiger partial charge in [-0.1, -0.05) is 5.21 Å². The summed E-state index contributed by atoms with van der Waals surface area (Å²) in [6, 6.07) is 7.17. The van der Waals surface area contributed by atoms with Gasteiger partial charge in [0.25, 0.3) is 5.91 Å². The first kappa shape index (κ1) is 11.7. The molecule has 19 heavy (non-hydrogen) atoms. The molecule has 96 valence electrons. The first-order chi connectivity index (χ1) is 9.33. The molecule has 0 radical (unpaired) electrons. The molecule has 3 aromatic heterocycles. The van der Waals surface area contributed by atoms with E-state index in [1.165, 1.54) is 6.26 Å². The lowest BCUT2D eigenvalue weighted by Crippen LogP contribution is -2.22. The third kappa shape index (κ3) is 2.55. The molecule has 0 unspecified atom stereocenters. The lowest BCUT2D eigenvalue weighted by atomic mass is 10.4. The molecule has 0 aliphatic heterocycles. The van der Waals surface area contributed by atoms with Crippen LogP contribution in [0.4, 0.5) is 0 Å². The second kappa shape index (κ2) is 5.07. The zero-order valence-electron chi connectivity index (χ0n) is 9.81. The van der Waals surface area contributed by atoms with Crippen LogP contribution in [-0.2, 0) is 6.54 Å². The molecule has 0 fully saturated rings. The Balaban J connectivity index is 1.63. The van der Waals surface area contributed by atoms with Crippen LogP contribution in [0.3, 0.4) is 0 Å². The van der Waals surface area contributed by atoms with Crippen molar-refractivity contribution in [3.63, 3.8) is 0 Å². The van der Waals surface area contributed by atoms with Crippen LogP contribution in [0.15, 0.2) is 46.5 Å². The van der Waals surface area contributed by atoms with Crippen LogP contribution in [-0.4, -0.2) is 20.9 Å². The van der Waals surface area contributed by atoms with Gasteiger partial charge < -0.3 is 9.73 Å². The summed E-state index contributed by atoms with van der Waals surface area (Å²) in [5, 5.41) is 13.7. The van der Waals surface area contributed by atoms with Crippen LogP contribution >= 0.6 is 11.3 Å². The SMILES string of the molecule is O=C(NCc1cn(-c2cccs2)nn1)c1ccco1. The van der Waals surface area contributed by atoms with Crippen LogP contribution in [0.25, 0.3) is 5.00 Å². The smallest absolute Gasteiger partial charge is 0.287 e. The zero-order chi connectivity index (χ0) is 13.1. The zero-order valence-corrected chi connectivity index (χ0v) is 10.6. The average molecular weight is 274 g/mol. The molecule has 0 atom stereocenters. The summed E-state index contributed by atoms with van der Waals surface area (Å²) in [6.45, 7) is 0.310. The Kier molecular flexibility index (Phi) is 3.11. The van der Waals surface area contributed by atoms with E-state index in [0.717, 1.165) is 5.00 Å². The van der Waals surface area contributed by atoms with E-state index in [1.54, 1.807) is 34.3 Å². The van der Waals surface area contributed by atoms with Crippen LogP contribution in [0, 0.1) is 0 Å². The molecule has 0 aromatic carbocycles. The molecule has 0 spiro atoms. The van der Waals surface area contributed by atoms with E-state index in [2.05, 4.69) is 15.6 Å². The summed E-state index contributed by atoms with van der Waals surface area (Å²) in [4.78, 5) is 11.7. The third-order valence-electron chi connectivity index (χ3n) is 2.45. The highest BCUT2D eigenvalue weighted by molar-refractivity contribution is 7.12. The number of nitrogens with one attached hydrogen (secondary N) is 1. The highest BCUT2D eigenvalue weighted by atomic mass is 32.1. The lowest BCUT2D eigenvalue weighted by molar-refractivity contribution is 0.0922. The van der Waals surface area contributed by atoms with Gasteiger partial charge in [-0.25, -0.2) is 4.68 Å². The molecule has 7 heteroatoms. The third-order valence-corrected chi connectivity index (χ3v) is 3.31. The Hall–Kier alpha value is -2.41. The van der Waals surface area contributed by atoms with Crippen LogP contribution in [0.2, 0.25) is 0 Å². The standard InChI is InChI=1S/C12H10N4O2S/c17-12(10-3-1-5-18-10)13-7-9-8-16(15-14-9)11-4-2-6-19-11/h1-6,8H,7H2,(H,13,17). The second-order valence-corrected chi connectivity index (χ2v) is 4.69. The predicted octanol–water partition coefficient (Wildman–Crippen LogP) is 1.85. The number of thiophene rings is 1. The first-order valence-electron chi connectivity index (χ1n) is 5.60. The van der Waals surface area contributed by atoms with Gasteiger partial charge in [-0.05, 0) is 29.6 Å². The van der Waals surface area contributed by atoms with Crippen molar-refractivity contribution in [1.82, 2.24) is 20.3 Å². The second-order valence-electron chi connectivity index (χ2n) is 3.77. The highest BCUT2D eigenvalue weighted by Gasteiger charge is 2.09. The fraction of sp³-hybridized carbons (Fsp3) is 0.0833. The number of amides is 1. The number of carbonyl (C=O) groups is 1. The maximum absolute atomic E-state index is 11.7. The van der Waals surface area contributed by atoms with Gasteiger partial charge in [-0.3, -0.25) is 4.79 Å². The number of hydrogen-bond acceptors (Lipinski definition) is 5. The van der Waals surface area contributed by atoms with Gasteiger partial charge in [0.05, 0.1) is 19.0 Å². The van der Waals surface area contributed by atoms with E-state index in [0.29, 0.717) is 12.2 Å². The van der Waals surface area contributed by atoms with Crippen LogP contribution < -0.4 is 5.32 Å². The van der Waals surface area contributed by atoms with Gasteiger partial charge >= 0.3 is 0 Å². The van der Waals surface area contributed by atoms with E-state index in [1.807, 2.05) is 17.5 Å². The average Bonchev–Trinajstić information content (AvgIpc) is 3.14. The minimum atomic E-state index is -0.268. The van der Waals surface area contributed by atoms with E-state index in [4.69, 9.17) is 4.42 Å². The molecule has 6 nitrogen and oxygen atoms in total. The summed E-state index contributed by atoms with van der Waals surface area (Å²) < 4.78 is 6.68. The number of nitrogens with zero attached hydrogens (tertiary/aromatic N) is 3. The van der Waals surface area contributed by atoms with Crippen molar-refractivity contribution in [1.29, 1.82) is 0 Å². The number of carbonyl (C=O) groups excluding carboxylic acids is 1. The van der Waals surface area contributed by atoms with Gasteiger partial charge in [0, 0.05) is 0 Å². The summed E-state index contributed by atoms with van der Waals surface area (Å²) >= 11 is 1.57. The summed E-state index contributed by atoms with van der Waals surface area (Å²) in [7, 11) is 0. The minimum Gasteiger partial charge on any atom is -0.459 e. The Bertz CT molecular complexity index is 658. The van der Waals surface area contributed by atoms with Crippen molar-refractivity contribution in [2.75, 3.05) is 0 Å². The summed E-state index contributed by atoms with van der Waals surface area (Å²) in [5.41, 5.74) is 0.688. The fourth-order valence-corrected chi connectivity index (χ4v) is 2.20. The molecule has 1 N–H and O–H groups in total. The number of hydrogen-bond donors (Lipinski definition) is 1. The Morgan fingerprint density at radius 3 is 3.11 bits per heavy atom. The van der Waals surface area contributed by atoms with Crippen molar-refractivity contribution in [2.24, 2.45) is 0 Å². The predicted molar refractivity (Wildman–Crippen MR) is 69.1 cm³/mol. The minimum absolute atomic E-state index is 0.268. The number of aromatic nitrogens is 3. The molecule has 0 aliphatic carbocycles. The van der Waals surface area contributed by atoms with Crippen molar-refractivity contribution in [2.45, 2.75) is 6.54 Å². The largest absolute Gasteiger partial charge is 0.459 e. The van der Waals surface area contributed by atoms with Crippen molar-refractivity contribution >= 4 is 17.2 Å². The molecule has 0 saturated heterocycles. The monoisotopic (exact) mass is 274 g/mol. The highest BCUT2D eigenvalue weighted by Crippen LogP contribution is 2.13. The van der Waals surface area contributed by atoms with Gasteiger partial charge in [0.1, 0.15) is 10.7 Å². The van der Waals surface area contributed by atoms with Gasteiger partial charge in [-0.15, -0.1) is 16.4 Å². The van der Waals surface area contributed by atoms with E-state index >= 15 is 0 Å². The summed E-state index contributed by atoms with van der Waals surface area (Å²) in [5.74, 6) is 0.0151. The molecule has 3 rings (SSSR count). The Morgan fingerprint density at radius 1 is 1.42 bits per heavy atom. The maximum Gasteiger partial charge on any atom is 0.287 e. The molecule has 3 aromatic rings. The summed E-state index contributed by atoms with van der Waals surface area (Å²) in [6.07, 6.45) is 3.25. The van der Waals surface area contributed by atoms with Gasteiger partial charge in [0.15, 0.2) is 5.76 Å². The lowest BCUT2D eigenvalue weighted by Gasteiger charge is -1.98. The van der Waals surface area contributed by atoms with E-state index < -0.39 is 0 Å². The van der Waals surface area contributed by atoms with Crippen molar-refractivity contribution in [3.05, 3.63) is 53.6 Å². The quantitative estimate of drug-likeness (QED) is 0.788. The molecule has 0 aliphatic rings. The number of furan rings is 1. The van der Waals surface area contributed by atoms with Gasteiger partial charge in [-0.2, -0.15) is 0 Å². The molecular weight excluding hydrogens is 264 g/mol. The van der Waals surface area contributed by atoms with E-state index in [-0.39, 0.29) is 11.7 Å². The van der Waals surface area contributed by atoms with Crippen LogP contribution in [0.5, 0.6) is 0 Å². The Labute approximate surface area is 112 Å². The normalized spacial score (nSPS) is 10.5. The molecule has 0 bridgehead atoms. The number of rotatable bonds is 4. The van der Waals surface area contributed by atoms with E-state index in [9.17, 15) is 4.79 Å². The molecule has 1 amide bonds. The maximum atomic E-state index is 11.7. The first-order valence-corrected chi connectivity index (χ1v) is 6.48. The van der Waals surface area contributed by atoms with Crippen molar-refractivity contribution < 1.29 is 9.21 Å². The molecular formula is C12H10N4O2S. The van der Waals surface area contributed by atoms with Gasteiger partial charge in [0.2, 0.25) is 0 Å². The molecule has 3 heterocycles. The topological polar surface area (TPSA) is 73.0 Å². The van der Waals surface area contributed by atoms with Crippen molar-refractivity contribution in [3.8, 4) is 5.00 Å². The Morgan fingerprint density at radius 2 is 2.37 bits per heavy atom.